The molecule has 0 aromatic heterocycles. The lowest BCUT2D eigenvalue weighted by atomic mass is 9.83. The third-order valence-electron chi connectivity index (χ3n) is 4.20. The van der Waals surface area contributed by atoms with Crippen molar-refractivity contribution in [3.05, 3.63) is 23.3 Å². The Morgan fingerprint density at radius 2 is 1.91 bits per heavy atom. The summed E-state index contributed by atoms with van der Waals surface area (Å²) in [6, 6.07) is 2.59. The number of aryl methyl sites for hydroxylation is 1. The third-order valence-corrected chi connectivity index (χ3v) is 4.20. The molecule has 0 spiro atoms. The molecular formula is C19H30O4. The topological polar surface area (TPSA) is 66.8 Å². The number of carbonyl (C=O) groups is 1. The van der Waals surface area contributed by atoms with E-state index in [1.165, 1.54) is 18.9 Å². The van der Waals surface area contributed by atoms with Crippen LogP contribution in [0.5, 0.6) is 11.5 Å². The molecule has 0 saturated carbocycles. The highest BCUT2D eigenvalue weighted by atomic mass is 16.5. The van der Waals surface area contributed by atoms with Gasteiger partial charge in [-0.05, 0) is 56.6 Å². The summed E-state index contributed by atoms with van der Waals surface area (Å²) < 4.78 is 5.43. The highest BCUT2D eigenvalue weighted by Crippen LogP contribution is 2.30. The molecule has 1 aromatic carbocycles. The molecule has 23 heavy (non-hydrogen) atoms. The van der Waals surface area contributed by atoms with Gasteiger partial charge in [-0.3, -0.25) is 0 Å². The lowest BCUT2D eigenvalue weighted by molar-refractivity contribution is 0.0310. The zero-order valence-corrected chi connectivity index (χ0v) is 15.0. The molecule has 2 N–H and O–H groups in total. The van der Waals surface area contributed by atoms with Crippen LogP contribution in [0, 0.1) is 12.3 Å². The van der Waals surface area contributed by atoms with Gasteiger partial charge in [0.05, 0.1) is 6.10 Å². The minimum atomic E-state index is -0.541. The number of phenols is 2. The van der Waals surface area contributed by atoms with Crippen LogP contribution in [-0.2, 0) is 4.74 Å². The van der Waals surface area contributed by atoms with Crippen molar-refractivity contribution < 1.29 is 19.7 Å². The second-order valence-corrected chi connectivity index (χ2v) is 7.18. The normalized spacial score (nSPS) is 12.9. The van der Waals surface area contributed by atoms with Gasteiger partial charge in [-0.25, -0.2) is 4.79 Å². The molecule has 0 aliphatic carbocycles. The van der Waals surface area contributed by atoms with Crippen molar-refractivity contribution in [3.63, 3.8) is 0 Å². The first-order chi connectivity index (χ1) is 10.7. The molecule has 4 nitrogen and oxygen atoms in total. The van der Waals surface area contributed by atoms with Crippen LogP contribution >= 0.6 is 0 Å². The first-order valence-corrected chi connectivity index (χ1v) is 8.40. The van der Waals surface area contributed by atoms with Crippen molar-refractivity contribution in [2.24, 2.45) is 5.41 Å². The van der Waals surface area contributed by atoms with E-state index in [-0.39, 0.29) is 23.2 Å². The second-order valence-electron chi connectivity index (χ2n) is 7.18. The number of rotatable bonds is 8. The number of hydrogen-bond donors (Lipinski definition) is 2. The van der Waals surface area contributed by atoms with Gasteiger partial charge in [0.2, 0.25) is 0 Å². The number of hydrogen-bond acceptors (Lipinski definition) is 4. The summed E-state index contributed by atoms with van der Waals surface area (Å²) in [6.45, 7) is 10.3. The van der Waals surface area contributed by atoms with E-state index in [4.69, 9.17) is 4.74 Å². The lowest BCUT2D eigenvalue weighted by Gasteiger charge is -2.24. The summed E-state index contributed by atoms with van der Waals surface area (Å²) in [7, 11) is 0. The van der Waals surface area contributed by atoms with Gasteiger partial charge in [-0.2, -0.15) is 0 Å². The summed E-state index contributed by atoms with van der Waals surface area (Å²) in [5.41, 5.74) is 0.953. The molecule has 0 unspecified atom stereocenters. The quantitative estimate of drug-likeness (QED) is 0.665. The molecule has 130 valence electrons. The summed E-state index contributed by atoms with van der Waals surface area (Å²) in [4.78, 5) is 12.2. The van der Waals surface area contributed by atoms with E-state index < -0.39 is 5.97 Å². The van der Waals surface area contributed by atoms with Crippen LogP contribution in [0.2, 0.25) is 0 Å². The SMILES string of the molecule is CCCC(C)(C)CCC[C@H](C)OC(=O)c1c(C)cc(O)cc1O. The van der Waals surface area contributed by atoms with Gasteiger partial charge >= 0.3 is 5.97 Å². The van der Waals surface area contributed by atoms with Crippen molar-refractivity contribution in [3.8, 4) is 11.5 Å². The maximum atomic E-state index is 12.2. The van der Waals surface area contributed by atoms with Gasteiger partial charge in [0.25, 0.3) is 0 Å². The first kappa shape index (κ1) is 19.3. The highest BCUT2D eigenvalue weighted by molar-refractivity contribution is 5.94. The average Bonchev–Trinajstić information content (AvgIpc) is 2.36. The van der Waals surface area contributed by atoms with Crippen LogP contribution in [0.15, 0.2) is 12.1 Å². The highest BCUT2D eigenvalue weighted by Gasteiger charge is 2.21. The standard InChI is InChI=1S/C19H30O4/c1-6-9-19(4,5)10-7-8-14(3)23-18(22)17-13(2)11-15(20)12-16(17)21/h11-12,14,20-21H,6-10H2,1-5H3/t14-/m0/s1. The maximum absolute atomic E-state index is 12.2. The molecule has 0 aliphatic rings. The number of carbonyl (C=O) groups excluding carboxylic acids is 1. The fraction of sp³-hybridized carbons (Fsp3) is 0.632. The molecule has 0 aliphatic heterocycles. The lowest BCUT2D eigenvalue weighted by Crippen LogP contribution is -2.17. The Balaban J connectivity index is 2.55. The predicted molar refractivity (Wildman–Crippen MR) is 91.9 cm³/mol. The molecule has 1 aromatic rings. The van der Waals surface area contributed by atoms with E-state index in [1.807, 2.05) is 6.92 Å². The van der Waals surface area contributed by atoms with Gasteiger partial charge in [0.1, 0.15) is 17.1 Å². The van der Waals surface area contributed by atoms with E-state index in [9.17, 15) is 15.0 Å². The zero-order chi connectivity index (χ0) is 17.6. The summed E-state index contributed by atoms with van der Waals surface area (Å²) in [6.07, 6.45) is 5.08. The molecule has 0 amide bonds. The Hall–Kier alpha value is -1.71. The molecule has 0 bridgehead atoms. The van der Waals surface area contributed by atoms with Crippen LogP contribution in [0.25, 0.3) is 0 Å². The number of phenolic OH excluding ortho intramolecular Hbond substituents is 2. The fourth-order valence-corrected chi connectivity index (χ4v) is 2.99. The number of esters is 1. The number of ether oxygens (including phenoxy) is 1. The maximum Gasteiger partial charge on any atom is 0.342 e. The van der Waals surface area contributed by atoms with Gasteiger partial charge < -0.3 is 14.9 Å². The van der Waals surface area contributed by atoms with Gasteiger partial charge in [0, 0.05) is 6.07 Å². The molecule has 0 saturated heterocycles. The third kappa shape index (κ3) is 6.12. The number of benzene rings is 1. The Morgan fingerprint density at radius 3 is 2.48 bits per heavy atom. The van der Waals surface area contributed by atoms with Gasteiger partial charge in [-0.15, -0.1) is 0 Å². The Kier molecular flexibility index (Phi) is 6.92. The predicted octanol–water partition coefficient (Wildman–Crippen LogP) is 4.95. The van der Waals surface area contributed by atoms with E-state index >= 15 is 0 Å². The molecular weight excluding hydrogens is 292 g/mol. The Labute approximate surface area is 139 Å². The van der Waals surface area contributed by atoms with E-state index in [2.05, 4.69) is 20.8 Å². The van der Waals surface area contributed by atoms with Crippen LogP contribution in [0.1, 0.15) is 75.7 Å². The minimum absolute atomic E-state index is 0.0669. The van der Waals surface area contributed by atoms with Crippen molar-refractivity contribution >= 4 is 5.97 Å². The van der Waals surface area contributed by atoms with E-state index in [0.717, 1.165) is 25.3 Å². The molecule has 1 rings (SSSR count). The van der Waals surface area contributed by atoms with Crippen LogP contribution < -0.4 is 0 Å². The van der Waals surface area contributed by atoms with E-state index in [0.29, 0.717) is 11.0 Å². The van der Waals surface area contributed by atoms with Crippen LogP contribution in [-0.4, -0.2) is 22.3 Å². The largest absolute Gasteiger partial charge is 0.508 e. The van der Waals surface area contributed by atoms with Crippen molar-refractivity contribution in [1.82, 2.24) is 0 Å². The summed E-state index contributed by atoms with van der Waals surface area (Å²) in [5, 5.41) is 19.2. The van der Waals surface area contributed by atoms with Crippen LogP contribution in [0.4, 0.5) is 0 Å². The monoisotopic (exact) mass is 322 g/mol. The molecule has 0 radical (unpaired) electrons. The van der Waals surface area contributed by atoms with E-state index in [1.54, 1.807) is 6.92 Å². The molecule has 4 heteroatoms. The van der Waals surface area contributed by atoms with Crippen LogP contribution in [0.3, 0.4) is 0 Å². The summed E-state index contributed by atoms with van der Waals surface area (Å²) >= 11 is 0. The fourth-order valence-electron chi connectivity index (χ4n) is 2.99. The smallest absolute Gasteiger partial charge is 0.342 e. The van der Waals surface area contributed by atoms with Gasteiger partial charge in [0.15, 0.2) is 0 Å². The molecule has 0 fully saturated rings. The number of aromatic hydroxyl groups is 2. The zero-order valence-electron chi connectivity index (χ0n) is 15.0. The second kappa shape index (κ2) is 8.23. The van der Waals surface area contributed by atoms with Crippen molar-refractivity contribution in [2.75, 3.05) is 0 Å². The molecule has 0 heterocycles. The molecule has 1 atom stereocenters. The summed E-state index contributed by atoms with van der Waals surface area (Å²) in [5.74, 6) is -0.855. The Bertz CT molecular complexity index is 511. The van der Waals surface area contributed by atoms with Crippen molar-refractivity contribution in [1.29, 1.82) is 0 Å². The first-order valence-electron chi connectivity index (χ1n) is 8.40. The van der Waals surface area contributed by atoms with Crippen molar-refractivity contribution in [2.45, 2.75) is 72.8 Å². The average molecular weight is 322 g/mol. The Morgan fingerprint density at radius 1 is 1.26 bits per heavy atom. The minimum Gasteiger partial charge on any atom is -0.508 e. The van der Waals surface area contributed by atoms with Gasteiger partial charge in [-0.1, -0.05) is 27.2 Å².